The summed E-state index contributed by atoms with van der Waals surface area (Å²) in [6, 6.07) is 11.0. The average molecular weight is 536 g/mol. The number of hydrogen-bond donors (Lipinski definition) is 1. The van der Waals surface area contributed by atoms with Gasteiger partial charge < -0.3 is 14.6 Å². The molecule has 0 amide bonds. The Morgan fingerprint density at radius 2 is 1.83 bits per heavy atom. The maximum absolute atomic E-state index is 14.8. The van der Waals surface area contributed by atoms with Crippen molar-refractivity contribution in [2.75, 3.05) is 17.5 Å². The number of nitrogens with zero attached hydrogens (tertiary/aromatic N) is 4. The van der Waals surface area contributed by atoms with E-state index < -0.39 is 21.4 Å². The van der Waals surface area contributed by atoms with Crippen LogP contribution in [-0.4, -0.2) is 48.0 Å². The molecule has 2 heterocycles. The maximum atomic E-state index is 14.8. The molecule has 1 aromatic heterocycles. The second-order valence-corrected chi connectivity index (χ2v) is 12.0. The molecule has 0 bridgehead atoms. The van der Waals surface area contributed by atoms with Crippen molar-refractivity contribution in [2.24, 2.45) is 7.05 Å². The third-order valence-corrected chi connectivity index (χ3v) is 8.51. The lowest BCUT2D eigenvalue weighted by atomic mass is 10.1. The third-order valence-electron chi connectivity index (χ3n) is 6.12. The van der Waals surface area contributed by atoms with Gasteiger partial charge in [0.1, 0.15) is 11.6 Å². The van der Waals surface area contributed by atoms with E-state index in [1.807, 2.05) is 0 Å². The van der Waals surface area contributed by atoms with E-state index in [0.29, 0.717) is 29.8 Å². The monoisotopic (exact) mass is 535 g/mol. The van der Waals surface area contributed by atoms with Crippen LogP contribution in [0.1, 0.15) is 39.4 Å². The zero-order valence-corrected chi connectivity index (χ0v) is 22.4. The van der Waals surface area contributed by atoms with Gasteiger partial charge in [0.05, 0.1) is 22.2 Å². The van der Waals surface area contributed by atoms with Crippen LogP contribution >= 0.6 is 11.6 Å². The van der Waals surface area contributed by atoms with Crippen molar-refractivity contribution in [1.29, 1.82) is 0 Å². The second-order valence-electron chi connectivity index (χ2n) is 9.80. The van der Waals surface area contributed by atoms with E-state index in [0.717, 1.165) is 32.1 Å². The quantitative estimate of drug-likeness (QED) is 0.478. The Labute approximate surface area is 216 Å². The molecule has 0 aliphatic carbocycles. The zero-order valence-electron chi connectivity index (χ0n) is 20.8. The minimum absolute atomic E-state index is 0.0977. The van der Waals surface area contributed by atoms with E-state index >= 15 is 0 Å². The summed E-state index contributed by atoms with van der Waals surface area (Å²) in [4.78, 5) is 0.0977. The van der Waals surface area contributed by atoms with Gasteiger partial charge >= 0.3 is 0 Å². The lowest BCUT2D eigenvalue weighted by Gasteiger charge is -2.37. The summed E-state index contributed by atoms with van der Waals surface area (Å²) in [5.74, 6) is 0.320. The van der Waals surface area contributed by atoms with Gasteiger partial charge in [0, 0.05) is 43.5 Å². The summed E-state index contributed by atoms with van der Waals surface area (Å²) in [5.41, 5.74) is -0.439. The highest BCUT2D eigenvalue weighted by Crippen LogP contribution is 2.40. The largest absolute Gasteiger partial charge is 0.381 e. The standard InChI is InChI=1S/C25H31ClFN5O3S/c1-25(2,3)32(36(33,34)18-8-6-5-7-9-18)22-15-21(27)20(26)14-19(22)24-30-29-23(31(24)4)16-28-17-10-12-35-13-11-17/h5-9,14-15,17,28H,10-13,16H2,1-4H3. The number of hydrogen-bond acceptors (Lipinski definition) is 6. The van der Waals surface area contributed by atoms with Crippen molar-refractivity contribution in [1.82, 2.24) is 20.1 Å². The molecule has 0 atom stereocenters. The number of aromatic nitrogens is 3. The summed E-state index contributed by atoms with van der Waals surface area (Å²) < 4.78 is 50.9. The Morgan fingerprint density at radius 3 is 2.47 bits per heavy atom. The van der Waals surface area contributed by atoms with Crippen molar-refractivity contribution in [3.8, 4) is 11.4 Å². The molecule has 1 aliphatic heterocycles. The van der Waals surface area contributed by atoms with Gasteiger partial charge in [-0.1, -0.05) is 29.8 Å². The molecule has 194 valence electrons. The fourth-order valence-corrected chi connectivity index (χ4v) is 6.33. The van der Waals surface area contributed by atoms with E-state index in [1.54, 1.807) is 50.6 Å². The van der Waals surface area contributed by atoms with Crippen molar-refractivity contribution in [2.45, 2.75) is 56.6 Å². The van der Waals surface area contributed by atoms with Crippen LogP contribution < -0.4 is 9.62 Å². The molecule has 0 saturated carbocycles. The summed E-state index contributed by atoms with van der Waals surface area (Å²) in [6.07, 6.45) is 1.83. The fourth-order valence-electron chi connectivity index (χ4n) is 4.32. The molecule has 1 saturated heterocycles. The molecule has 3 aromatic rings. The SMILES string of the molecule is Cn1c(CNC2CCOCC2)nnc1-c1cc(Cl)c(F)cc1N(C(C)(C)C)S(=O)(=O)c1ccccc1. The Bertz CT molecular complexity index is 1320. The molecule has 1 N–H and O–H groups in total. The van der Waals surface area contributed by atoms with Crippen molar-refractivity contribution >= 4 is 27.3 Å². The minimum Gasteiger partial charge on any atom is -0.381 e. The van der Waals surface area contributed by atoms with Crippen LogP contribution in [0.2, 0.25) is 5.02 Å². The predicted molar refractivity (Wildman–Crippen MR) is 138 cm³/mol. The first-order chi connectivity index (χ1) is 17.0. The molecule has 0 spiro atoms. The predicted octanol–water partition coefficient (Wildman–Crippen LogP) is 4.54. The lowest BCUT2D eigenvalue weighted by Crippen LogP contribution is -2.46. The molecular weight excluding hydrogens is 505 g/mol. The van der Waals surface area contributed by atoms with Crippen LogP contribution in [0.5, 0.6) is 0 Å². The number of halogens is 2. The number of anilines is 1. The molecule has 1 aliphatic rings. The molecular formula is C25H31ClFN5O3S. The maximum Gasteiger partial charge on any atom is 0.264 e. The molecule has 2 aromatic carbocycles. The Balaban J connectivity index is 1.79. The van der Waals surface area contributed by atoms with Gasteiger partial charge in [-0.2, -0.15) is 0 Å². The van der Waals surface area contributed by atoms with Gasteiger partial charge in [-0.15, -0.1) is 10.2 Å². The first-order valence-electron chi connectivity index (χ1n) is 11.8. The molecule has 8 nitrogen and oxygen atoms in total. The van der Waals surface area contributed by atoms with Crippen molar-refractivity contribution < 1.29 is 17.5 Å². The van der Waals surface area contributed by atoms with Gasteiger partial charge in [-0.3, -0.25) is 4.31 Å². The summed E-state index contributed by atoms with van der Waals surface area (Å²) in [6.45, 7) is 7.18. The zero-order chi connectivity index (χ0) is 26.1. The molecule has 36 heavy (non-hydrogen) atoms. The number of benzene rings is 2. The smallest absolute Gasteiger partial charge is 0.264 e. The Hall–Kier alpha value is -2.53. The fraction of sp³-hybridized carbons (Fsp3) is 0.440. The van der Waals surface area contributed by atoms with E-state index in [1.165, 1.54) is 22.5 Å². The van der Waals surface area contributed by atoms with Gasteiger partial charge in [-0.05, 0) is 51.8 Å². The Kier molecular flexibility index (Phi) is 7.70. The Morgan fingerprint density at radius 1 is 1.17 bits per heavy atom. The van der Waals surface area contributed by atoms with Crippen LogP contribution in [0, 0.1) is 5.82 Å². The van der Waals surface area contributed by atoms with E-state index in [-0.39, 0.29) is 15.6 Å². The number of sulfonamides is 1. The van der Waals surface area contributed by atoms with Crippen molar-refractivity contribution in [3.63, 3.8) is 0 Å². The first kappa shape index (κ1) is 26.5. The topological polar surface area (TPSA) is 89.3 Å². The lowest BCUT2D eigenvalue weighted by molar-refractivity contribution is 0.0773. The van der Waals surface area contributed by atoms with Gasteiger partial charge in [0.15, 0.2) is 5.82 Å². The number of ether oxygens (including phenoxy) is 1. The van der Waals surface area contributed by atoms with Gasteiger partial charge in [0.25, 0.3) is 10.0 Å². The molecule has 0 radical (unpaired) electrons. The summed E-state index contributed by atoms with van der Waals surface area (Å²) >= 11 is 6.18. The highest BCUT2D eigenvalue weighted by Gasteiger charge is 2.37. The van der Waals surface area contributed by atoms with Crippen molar-refractivity contribution in [3.05, 3.63) is 59.1 Å². The number of rotatable bonds is 7. The molecule has 1 fully saturated rings. The average Bonchev–Trinajstić information content (AvgIpc) is 3.20. The first-order valence-corrected chi connectivity index (χ1v) is 13.6. The normalized spacial score (nSPS) is 15.3. The van der Waals surface area contributed by atoms with Crippen LogP contribution in [0.25, 0.3) is 11.4 Å². The van der Waals surface area contributed by atoms with E-state index in [2.05, 4.69) is 15.5 Å². The van der Waals surface area contributed by atoms with Gasteiger partial charge in [-0.25, -0.2) is 12.8 Å². The highest BCUT2D eigenvalue weighted by molar-refractivity contribution is 7.93. The van der Waals surface area contributed by atoms with Crippen LogP contribution in [0.3, 0.4) is 0 Å². The minimum atomic E-state index is -4.06. The number of nitrogens with one attached hydrogen (secondary N) is 1. The highest BCUT2D eigenvalue weighted by atomic mass is 35.5. The van der Waals surface area contributed by atoms with E-state index in [9.17, 15) is 12.8 Å². The second kappa shape index (κ2) is 10.5. The molecule has 11 heteroatoms. The molecule has 0 unspecified atom stereocenters. The van der Waals surface area contributed by atoms with E-state index in [4.69, 9.17) is 16.3 Å². The summed E-state index contributed by atoms with van der Waals surface area (Å²) in [7, 11) is -2.26. The summed E-state index contributed by atoms with van der Waals surface area (Å²) in [5, 5.41) is 12.0. The van der Waals surface area contributed by atoms with Gasteiger partial charge in [0.2, 0.25) is 0 Å². The third kappa shape index (κ3) is 5.41. The van der Waals surface area contributed by atoms with Crippen LogP contribution in [0.4, 0.5) is 10.1 Å². The molecule has 4 rings (SSSR count). The van der Waals surface area contributed by atoms with Crippen LogP contribution in [0.15, 0.2) is 47.4 Å². The van der Waals surface area contributed by atoms with Crippen LogP contribution in [-0.2, 0) is 28.4 Å².